The van der Waals surface area contributed by atoms with Gasteiger partial charge in [-0.2, -0.15) is 5.10 Å². The van der Waals surface area contributed by atoms with Crippen molar-refractivity contribution in [2.24, 2.45) is 0 Å². The first-order valence-electron chi connectivity index (χ1n) is 18.1. The second-order valence-electron chi connectivity index (χ2n) is 15.0. The number of amides is 1. The number of pyridine rings is 1. The fourth-order valence-corrected chi connectivity index (χ4v) is 7.48. The molecule has 3 aromatic heterocycles. The van der Waals surface area contributed by atoms with Crippen LogP contribution in [0.15, 0.2) is 48.9 Å². The Morgan fingerprint density at radius 3 is 2.32 bits per heavy atom. The molecule has 1 aliphatic rings. The van der Waals surface area contributed by atoms with E-state index in [1.165, 1.54) is 30.1 Å². The maximum absolute atomic E-state index is 14.2. The molecule has 1 amide bonds. The molecule has 298 valence electrons. The van der Waals surface area contributed by atoms with Crippen molar-refractivity contribution in [3.05, 3.63) is 76.7 Å². The molecule has 0 radical (unpaired) electrons. The predicted octanol–water partition coefficient (Wildman–Crippen LogP) is 7.49. The first-order valence-corrected chi connectivity index (χ1v) is 19.6. The maximum atomic E-state index is 14.2. The van der Waals surface area contributed by atoms with Gasteiger partial charge in [0.15, 0.2) is 17.1 Å². The lowest BCUT2D eigenvalue weighted by Crippen LogP contribution is -2.41. The van der Waals surface area contributed by atoms with Crippen LogP contribution in [0, 0.1) is 13.8 Å². The average molecular weight is 792 g/mol. The second kappa shape index (κ2) is 15.6. The highest BCUT2D eigenvalue weighted by Crippen LogP contribution is 2.44. The number of methoxy groups -OCH3 is 1. The number of esters is 1. The van der Waals surface area contributed by atoms with Gasteiger partial charge in [-0.15, -0.1) is 0 Å². The summed E-state index contributed by atoms with van der Waals surface area (Å²) in [5.41, 5.74) is 5.78. The number of rotatable bonds is 9. The molecule has 0 bridgehead atoms. The highest BCUT2D eigenvalue weighted by molar-refractivity contribution is 7.46. The van der Waals surface area contributed by atoms with Crippen LogP contribution in [0.4, 0.5) is 9.59 Å². The van der Waals surface area contributed by atoms with E-state index in [9.17, 15) is 28.7 Å². The molecule has 0 aliphatic carbocycles. The van der Waals surface area contributed by atoms with Crippen LogP contribution in [0.25, 0.3) is 27.8 Å². The Balaban J connectivity index is 1.34. The summed E-state index contributed by atoms with van der Waals surface area (Å²) in [4.78, 5) is 64.5. The summed E-state index contributed by atoms with van der Waals surface area (Å²) in [6.45, 7) is 14.0. The summed E-state index contributed by atoms with van der Waals surface area (Å²) in [6, 6.07) is 9.59. The molecule has 1 saturated heterocycles. The van der Waals surface area contributed by atoms with E-state index in [1.807, 2.05) is 52.9 Å². The zero-order valence-electron chi connectivity index (χ0n) is 32.6. The fourth-order valence-electron chi connectivity index (χ4n) is 7.07. The molecule has 16 nitrogen and oxygen atoms in total. The number of hydrogen-bond acceptors (Lipinski definition) is 11. The van der Waals surface area contributed by atoms with Gasteiger partial charge in [0.05, 0.1) is 23.9 Å². The minimum Gasteiger partial charge on any atom is -0.493 e. The lowest BCUT2D eigenvalue weighted by atomic mass is 9.87. The zero-order chi connectivity index (χ0) is 40.7. The van der Waals surface area contributed by atoms with Gasteiger partial charge in [0.1, 0.15) is 11.9 Å². The van der Waals surface area contributed by atoms with E-state index in [-0.39, 0.29) is 35.0 Å². The van der Waals surface area contributed by atoms with Gasteiger partial charge in [-0.1, -0.05) is 19.9 Å². The summed E-state index contributed by atoms with van der Waals surface area (Å²) in [6.07, 6.45) is 3.70. The molecule has 1 aliphatic heterocycles. The van der Waals surface area contributed by atoms with Crippen molar-refractivity contribution < 1.29 is 52.2 Å². The van der Waals surface area contributed by atoms with Gasteiger partial charge >= 0.3 is 26.0 Å². The molecule has 0 atom stereocenters. The van der Waals surface area contributed by atoms with Crippen LogP contribution < -0.4 is 9.26 Å². The number of carbonyl (C=O) groups is 3. The number of carbonyl (C=O) groups excluding carboxylic acids is 3. The van der Waals surface area contributed by atoms with Gasteiger partial charge in [-0.3, -0.25) is 9.79 Å². The number of phosphoric ester groups is 1. The molecule has 0 unspecified atom stereocenters. The third-order valence-electron chi connectivity index (χ3n) is 9.78. The Labute approximate surface area is 323 Å². The zero-order valence-corrected chi connectivity index (χ0v) is 33.5. The molecular formula is C39H46N5O11P. The van der Waals surface area contributed by atoms with E-state index < -0.39 is 32.3 Å². The fraction of sp³-hybridized carbons (Fsp3) is 0.410. The molecule has 0 saturated carbocycles. The third-order valence-corrected chi connectivity index (χ3v) is 10.2. The monoisotopic (exact) mass is 791 g/mol. The van der Waals surface area contributed by atoms with Crippen LogP contribution in [-0.2, 0) is 18.8 Å². The molecule has 0 spiro atoms. The van der Waals surface area contributed by atoms with Gasteiger partial charge in [0, 0.05) is 30.2 Å². The maximum Gasteiger partial charge on any atom is 0.524 e. The SMILES string of the molecule is COc1cc(C(=O)OCOC(=O)n2c(-c3cn4ncnc4c(C)c3C)c(C(C)C)c3cc(C4CCN(C(=O)OC(C)(C)C)CC4)ccc32)ccc1OP(=O)(O)O. The van der Waals surface area contributed by atoms with Crippen molar-refractivity contribution in [2.75, 3.05) is 27.0 Å². The summed E-state index contributed by atoms with van der Waals surface area (Å²) >= 11 is 0. The second-order valence-corrected chi connectivity index (χ2v) is 16.2. The van der Waals surface area contributed by atoms with Gasteiger partial charge in [0.25, 0.3) is 0 Å². The van der Waals surface area contributed by atoms with Gasteiger partial charge in [-0.25, -0.2) is 33.0 Å². The Morgan fingerprint density at radius 2 is 1.68 bits per heavy atom. The molecule has 2 N–H and O–H groups in total. The van der Waals surface area contributed by atoms with E-state index in [4.69, 9.17) is 18.9 Å². The number of phosphoric acid groups is 1. The number of nitrogens with zero attached hydrogens (tertiary/aromatic N) is 5. The standard InChI is InChI=1S/C39H46N5O11P/c1-22(2)33-28-17-26(25-13-15-42(16-14-25)37(46)54-39(5,6)7)9-11-30(28)44(34(33)29-19-43-35(40-20-41-43)24(4)23(29)3)38(47)53-21-52-36(45)27-10-12-31(32(18-27)51-8)55-56(48,49)50/h9-12,17-20,22,25H,13-16,21H2,1-8H3,(H2,48,49,50). The highest BCUT2D eigenvalue weighted by atomic mass is 31.2. The van der Waals surface area contributed by atoms with Gasteiger partial charge < -0.3 is 28.4 Å². The molecule has 6 rings (SSSR count). The van der Waals surface area contributed by atoms with E-state index >= 15 is 0 Å². The lowest BCUT2D eigenvalue weighted by molar-refractivity contribution is -0.00176. The molecule has 4 heterocycles. The number of benzene rings is 2. The molecule has 2 aromatic carbocycles. The van der Waals surface area contributed by atoms with Crippen LogP contribution >= 0.6 is 7.82 Å². The third kappa shape index (κ3) is 8.37. The van der Waals surface area contributed by atoms with E-state index in [0.717, 1.165) is 52.1 Å². The number of piperidine rings is 1. The van der Waals surface area contributed by atoms with Crippen LogP contribution in [-0.4, -0.2) is 84.6 Å². The normalized spacial score (nSPS) is 14.0. The Bertz CT molecular complexity index is 2360. The van der Waals surface area contributed by atoms with Gasteiger partial charge in [-0.05, 0) is 112 Å². The first-order chi connectivity index (χ1) is 26.4. The van der Waals surface area contributed by atoms with Gasteiger partial charge in [0.2, 0.25) is 6.79 Å². The summed E-state index contributed by atoms with van der Waals surface area (Å²) < 4.78 is 40.8. The van der Waals surface area contributed by atoms with Crippen LogP contribution in [0.3, 0.4) is 0 Å². The smallest absolute Gasteiger partial charge is 0.493 e. The van der Waals surface area contributed by atoms with E-state index in [1.54, 1.807) is 9.42 Å². The van der Waals surface area contributed by atoms with Crippen molar-refractivity contribution in [3.8, 4) is 22.8 Å². The number of hydrogen-bond donors (Lipinski definition) is 2. The number of aromatic nitrogens is 4. The Kier molecular flexibility index (Phi) is 11.2. The minimum absolute atomic E-state index is 0.0400. The van der Waals surface area contributed by atoms with E-state index in [2.05, 4.69) is 34.5 Å². The summed E-state index contributed by atoms with van der Waals surface area (Å²) in [7, 11) is -3.65. The number of fused-ring (bicyclic) bond motifs is 2. The average Bonchev–Trinajstić information content (AvgIpc) is 3.74. The number of likely N-dealkylation sites (tertiary alicyclic amines) is 1. The molecular weight excluding hydrogens is 745 g/mol. The van der Waals surface area contributed by atoms with Crippen molar-refractivity contribution in [1.29, 1.82) is 0 Å². The van der Waals surface area contributed by atoms with Crippen LogP contribution in [0.1, 0.15) is 91.9 Å². The summed E-state index contributed by atoms with van der Waals surface area (Å²) in [5, 5.41) is 5.24. The Hall–Kier alpha value is -5.44. The molecule has 17 heteroatoms. The molecule has 5 aromatic rings. The Morgan fingerprint density at radius 1 is 0.964 bits per heavy atom. The minimum atomic E-state index is -4.89. The first kappa shape index (κ1) is 40.2. The largest absolute Gasteiger partial charge is 0.524 e. The summed E-state index contributed by atoms with van der Waals surface area (Å²) in [5.74, 6) is -1.16. The van der Waals surface area contributed by atoms with Crippen molar-refractivity contribution in [1.82, 2.24) is 24.1 Å². The quantitative estimate of drug-likeness (QED) is 0.0848. The number of ether oxygens (including phenoxy) is 4. The van der Waals surface area contributed by atoms with E-state index in [0.29, 0.717) is 29.9 Å². The predicted molar refractivity (Wildman–Crippen MR) is 205 cm³/mol. The molecule has 1 fully saturated rings. The van der Waals surface area contributed by atoms with Crippen LogP contribution in [0.2, 0.25) is 0 Å². The van der Waals surface area contributed by atoms with Crippen molar-refractivity contribution in [2.45, 2.75) is 78.7 Å². The van der Waals surface area contributed by atoms with Crippen molar-refractivity contribution >= 4 is 42.5 Å². The molecule has 56 heavy (non-hydrogen) atoms. The van der Waals surface area contributed by atoms with Crippen LogP contribution in [0.5, 0.6) is 11.5 Å². The number of aryl methyl sites for hydroxylation is 1. The topological polar surface area (TPSA) is 193 Å². The highest BCUT2D eigenvalue weighted by Gasteiger charge is 2.31. The lowest BCUT2D eigenvalue weighted by Gasteiger charge is -2.33. The van der Waals surface area contributed by atoms with Crippen molar-refractivity contribution in [3.63, 3.8) is 0 Å².